The van der Waals surface area contributed by atoms with E-state index in [4.69, 9.17) is 0 Å². The third-order valence-corrected chi connectivity index (χ3v) is 2.68. The number of thioether (sulfide) groups is 1. The van der Waals surface area contributed by atoms with Crippen LogP contribution in [0.2, 0.25) is 0 Å². The van der Waals surface area contributed by atoms with Crippen LogP contribution in [0, 0.1) is 0 Å². The van der Waals surface area contributed by atoms with Gasteiger partial charge >= 0.3 is 0 Å². The minimum absolute atomic E-state index is 0.0441. The second-order valence-electron chi connectivity index (χ2n) is 3.13. The molecule has 0 aliphatic rings. The summed E-state index contributed by atoms with van der Waals surface area (Å²) in [6.45, 7) is 0.702. The van der Waals surface area contributed by atoms with E-state index in [-0.39, 0.29) is 5.91 Å². The lowest BCUT2D eigenvalue weighted by Crippen LogP contribution is -2.18. The Labute approximate surface area is 94.6 Å². The van der Waals surface area contributed by atoms with E-state index < -0.39 is 0 Å². The highest BCUT2D eigenvalue weighted by molar-refractivity contribution is 7.98. The van der Waals surface area contributed by atoms with Crippen LogP contribution in [0.5, 0.6) is 0 Å². The van der Waals surface area contributed by atoms with Crippen molar-refractivity contribution in [3.63, 3.8) is 0 Å². The van der Waals surface area contributed by atoms with Crippen molar-refractivity contribution in [2.24, 2.45) is 0 Å². The number of hydrogen-bond acceptors (Lipinski definition) is 3. The summed E-state index contributed by atoms with van der Waals surface area (Å²) in [7, 11) is 1.83. The van der Waals surface area contributed by atoms with Gasteiger partial charge < -0.3 is 10.6 Å². The summed E-state index contributed by atoms with van der Waals surface area (Å²) < 4.78 is 0. The minimum atomic E-state index is 0.0441. The van der Waals surface area contributed by atoms with Crippen molar-refractivity contribution in [3.05, 3.63) is 24.3 Å². The molecule has 1 rings (SSSR count). The summed E-state index contributed by atoms with van der Waals surface area (Å²) in [5.74, 6) is 0.0441. The average molecular weight is 224 g/mol. The summed E-state index contributed by atoms with van der Waals surface area (Å²) in [6, 6.07) is 7.84. The van der Waals surface area contributed by atoms with Crippen LogP contribution < -0.4 is 10.6 Å². The highest BCUT2D eigenvalue weighted by Gasteiger charge is 2.01. The molecular weight excluding hydrogens is 208 g/mol. The number of carbonyl (C=O) groups excluding carboxylic acids is 1. The fourth-order valence-electron chi connectivity index (χ4n) is 1.16. The van der Waals surface area contributed by atoms with Gasteiger partial charge in [0.05, 0.1) is 0 Å². The van der Waals surface area contributed by atoms with Crippen molar-refractivity contribution >= 4 is 23.4 Å². The van der Waals surface area contributed by atoms with Gasteiger partial charge in [0.1, 0.15) is 0 Å². The predicted octanol–water partition coefficient (Wildman–Crippen LogP) is 1.96. The van der Waals surface area contributed by atoms with Gasteiger partial charge in [0.25, 0.3) is 0 Å². The summed E-state index contributed by atoms with van der Waals surface area (Å²) in [4.78, 5) is 12.6. The molecule has 82 valence electrons. The van der Waals surface area contributed by atoms with Crippen LogP contribution in [-0.4, -0.2) is 25.8 Å². The standard InChI is InChI=1S/C11H16N2OS/c1-12-7-6-11(14)13-9-4-3-5-10(8-9)15-2/h3-5,8,12H,6-7H2,1-2H3,(H,13,14). The first-order valence-electron chi connectivity index (χ1n) is 4.84. The molecule has 0 bridgehead atoms. The minimum Gasteiger partial charge on any atom is -0.326 e. The Kier molecular flexibility index (Phi) is 5.21. The van der Waals surface area contributed by atoms with Crippen LogP contribution in [0.15, 0.2) is 29.2 Å². The molecule has 4 heteroatoms. The van der Waals surface area contributed by atoms with E-state index in [9.17, 15) is 4.79 Å². The molecule has 0 heterocycles. The SMILES string of the molecule is CNCCC(=O)Nc1cccc(SC)c1. The van der Waals surface area contributed by atoms with Gasteiger partial charge in [-0.25, -0.2) is 0 Å². The highest BCUT2D eigenvalue weighted by atomic mass is 32.2. The van der Waals surface area contributed by atoms with Crippen LogP contribution in [0.1, 0.15) is 6.42 Å². The van der Waals surface area contributed by atoms with Crippen molar-refractivity contribution in [1.29, 1.82) is 0 Å². The zero-order valence-electron chi connectivity index (χ0n) is 9.04. The average Bonchev–Trinajstić information content (AvgIpc) is 2.26. The van der Waals surface area contributed by atoms with E-state index in [1.807, 2.05) is 37.6 Å². The van der Waals surface area contributed by atoms with Crippen molar-refractivity contribution in [3.8, 4) is 0 Å². The molecule has 1 aromatic carbocycles. The first kappa shape index (κ1) is 12.1. The van der Waals surface area contributed by atoms with Gasteiger partial charge in [-0.2, -0.15) is 0 Å². The van der Waals surface area contributed by atoms with E-state index in [0.717, 1.165) is 10.6 Å². The van der Waals surface area contributed by atoms with E-state index >= 15 is 0 Å². The molecule has 1 aromatic rings. The van der Waals surface area contributed by atoms with Gasteiger partial charge in [-0.1, -0.05) is 6.07 Å². The number of anilines is 1. The van der Waals surface area contributed by atoms with E-state index in [0.29, 0.717) is 13.0 Å². The summed E-state index contributed by atoms with van der Waals surface area (Å²) in [5, 5.41) is 5.80. The number of nitrogens with one attached hydrogen (secondary N) is 2. The molecular formula is C11H16N2OS. The monoisotopic (exact) mass is 224 g/mol. The van der Waals surface area contributed by atoms with Crippen molar-refractivity contribution in [2.45, 2.75) is 11.3 Å². The van der Waals surface area contributed by atoms with Gasteiger partial charge in [-0.05, 0) is 31.5 Å². The zero-order valence-corrected chi connectivity index (χ0v) is 9.86. The molecule has 0 saturated heterocycles. The predicted molar refractivity (Wildman–Crippen MR) is 65.4 cm³/mol. The Hall–Kier alpha value is -1.00. The van der Waals surface area contributed by atoms with Crippen LogP contribution in [0.3, 0.4) is 0 Å². The van der Waals surface area contributed by atoms with Crippen LogP contribution >= 0.6 is 11.8 Å². The number of hydrogen-bond donors (Lipinski definition) is 2. The van der Waals surface area contributed by atoms with Crippen molar-refractivity contribution in [1.82, 2.24) is 5.32 Å². The Morgan fingerprint density at radius 1 is 1.47 bits per heavy atom. The van der Waals surface area contributed by atoms with E-state index in [2.05, 4.69) is 10.6 Å². The summed E-state index contributed by atoms with van der Waals surface area (Å²) >= 11 is 1.66. The molecule has 0 aromatic heterocycles. The lowest BCUT2D eigenvalue weighted by atomic mass is 10.3. The van der Waals surface area contributed by atoms with Crippen molar-refractivity contribution < 1.29 is 4.79 Å². The maximum atomic E-state index is 11.4. The molecule has 0 fully saturated rings. The second-order valence-corrected chi connectivity index (χ2v) is 4.01. The molecule has 1 amide bonds. The van der Waals surface area contributed by atoms with Gasteiger partial charge in [-0.3, -0.25) is 4.79 Å². The quantitative estimate of drug-likeness (QED) is 0.751. The van der Waals surface area contributed by atoms with E-state index in [1.165, 1.54) is 0 Å². The first-order chi connectivity index (χ1) is 7.26. The van der Waals surface area contributed by atoms with Crippen molar-refractivity contribution in [2.75, 3.05) is 25.2 Å². The Bertz CT molecular complexity index is 328. The molecule has 0 unspecified atom stereocenters. The lowest BCUT2D eigenvalue weighted by molar-refractivity contribution is -0.116. The third-order valence-electron chi connectivity index (χ3n) is 1.96. The fourth-order valence-corrected chi connectivity index (χ4v) is 1.62. The van der Waals surface area contributed by atoms with Crippen LogP contribution in [0.4, 0.5) is 5.69 Å². The number of rotatable bonds is 5. The molecule has 0 aliphatic heterocycles. The van der Waals surface area contributed by atoms with E-state index in [1.54, 1.807) is 11.8 Å². The maximum Gasteiger partial charge on any atom is 0.225 e. The topological polar surface area (TPSA) is 41.1 Å². The third kappa shape index (κ3) is 4.36. The molecule has 0 atom stereocenters. The van der Waals surface area contributed by atoms with Gasteiger partial charge in [-0.15, -0.1) is 11.8 Å². The Morgan fingerprint density at radius 3 is 2.93 bits per heavy atom. The molecule has 0 radical (unpaired) electrons. The molecule has 2 N–H and O–H groups in total. The molecule has 0 spiro atoms. The lowest BCUT2D eigenvalue weighted by Gasteiger charge is -2.05. The molecule has 3 nitrogen and oxygen atoms in total. The van der Waals surface area contributed by atoms with Gasteiger partial charge in [0.15, 0.2) is 0 Å². The summed E-state index contributed by atoms with van der Waals surface area (Å²) in [5.41, 5.74) is 0.864. The zero-order chi connectivity index (χ0) is 11.1. The normalized spacial score (nSPS) is 10.0. The maximum absolute atomic E-state index is 11.4. The largest absolute Gasteiger partial charge is 0.326 e. The second kappa shape index (κ2) is 6.48. The number of benzene rings is 1. The molecule has 0 aliphatic carbocycles. The number of carbonyl (C=O) groups is 1. The van der Waals surface area contributed by atoms with Gasteiger partial charge in [0, 0.05) is 23.5 Å². The summed E-state index contributed by atoms with van der Waals surface area (Å²) in [6.07, 6.45) is 2.52. The molecule has 0 saturated carbocycles. The van der Waals surface area contributed by atoms with Gasteiger partial charge in [0.2, 0.25) is 5.91 Å². The van der Waals surface area contributed by atoms with Crippen LogP contribution in [-0.2, 0) is 4.79 Å². The first-order valence-corrected chi connectivity index (χ1v) is 6.07. The molecule has 15 heavy (non-hydrogen) atoms. The highest BCUT2D eigenvalue weighted by Crippen LogP contribution is 2.18. The number of amides is 1. The fraction of sp³-hybridized carbons (Fsp3) is 0.364. The van der Waals surface area contributed by atoms with Crippen LogP contribution in [0.25, 0.3) is 0 Å². The Balaban J connectivity index is 2.52. The Morgan fingerprint density at radius 2 is 2.27 bits per heavy atom. The smallest absolute Gasteiger partial charge is 0.225 e.